The number of hydrogen-bond acceptors (Lipinski definition) is 1. The Morgan fingerprint density at radius 2 is 2.12 bits per heavy atom. The van der Waals surface area contributed by atoms with Crippen molar-refractivity contribution in [3.8, 4) is 12.3 Å². The highest BCUT2D eigenvalue weighted by Crippen LogP contribution is 1.99. The van der Waals surface area contributed by atoms with Crippen molar-refractivity contribution < 1.29 is 8.78 Å². The second-order valence-electron chi connectivity index (χ2n) is 1.41. The van der Waals surface area contributed by atoms with E-state index in [1.807, 2.05) is 5.92 Å². The molecule has 0 rings (SSSR count). The number of nitrogens with two attached hydrogens (primary N) is 1. The third-order valence-electron chi connectivity index (χ3n) is 0.677. The molecule has 0 radical (unpaired) electrons. The highest BCUT2D eigenvalue weighted by Gasteiger charge is 2.12. The molecule has 0 aliphatic heterocycles. The van der Waals surface area contributed by atoms with Crippen molar-refractivity contribution in [2.24, 2.45) is 5.73 Å². The van der Waals surface area contributed by atoms with Crippen LogP contribution in [-0.2, 0) is 0 Å². The van der Waals surface area contributed by atoms with Gasteiger partial charge in [0.1, 0.15) is 0 Å². The quantitative estimate of drug-likeness (QED) is 0.529. The van der Waals surface area contributed by atoms with Crippen LogP contribution >= 0.6 is 0 Å². The molecule has 0 bridgehead atoms. The summed E-state index contributed by atoms with van der Waals surface area (Å²) in [7, 11) is 0. The first-order chi connectivity index (χ1) is 3.68. The van der Waals surface area contributed by atoms with E-state index in [1.54, 1.807) is 0 Å². The smallest absolute Gasteiger partial charge is 0.254 e. The van der Waals surface area contributed by atoms with Crippen LogP contribution in [0.5, 0.6) is 0 Å². The lowest BCUT2D eigenvalue weighted by molar-refractivity contribution is 0.118. The van der Waals surface area contributed by atoms with E-state index in [-0.39, 0.29) is 6.42 Å². The molecule has 0 aromatic rings. The number of halogens is 2. The zero-order valence-electron chi connectivity index (χ0n) is 4.27. The fourth-order valence-corrected chi connectivity index (χ4v) is 0.225. The summed E-state index contributed by atoms with van der Waals surface area (Å²) in [5, 5.41) is 0. The Morgan fingerprint density at radius 3 is 2.25 bits per heavy atom. The Morgan fingerprint density at radius 1 is 1.62 bits per heavy atom. The van der Waals surface area contributed by atoms with E-state index in [1.165, 1.54) is 0 Å². The Bertz CT molecular complexity index is 95.1. The number of alkyl halides is 2. The molecule has 1 unspecified atom stereocenters. The fourth-order valence-electron chi connectivity index (χ4n) is 0.225. The van der Waals surface area contributed by atoms with Crippen LogP contribution in [0.1, 0.15) is 6.42 Å². The average Bonchev–Trinajstić information content (AvgIpc) is 1.67. The Labute approximate surface area is 46.9 Å². The minimum absolute atomic E-state index is 0.0579. The van der Waals surface area contributed by atoms with Crippen LogP contribution in [0.4, 0.5) is 8.78 Å². The van der Waals surface area contributed by atoms with E-state index in [4.69, 9.17) is 12.2 Å². The Balaban J connectivity index is 3.35. The largest absolute Gasteiger partial charge is 0.322 e. The number of terminal acetylenes is 1. The van der Waals surface area contributed by atoms with Gasteiger partial charge in [0.2, 0.25) is 0 Å². The molecule has 2 N–H and O–H groups in total. The summed E-state index contributed by atoms with van der Waals surface area (Å²) >= 11 is 0. The molecule has 3 heteroatoms. The van der Waals surface area contributed by atoms with Crippen molar-refractivity contribution >= 4 is 0 Å². The van der Waals surface area contributed by atoms with E-state index < -0.39 is 12.5 Å². The van der Waals surface area contributed by atoms with Gasteiger partial charge in [-0.3, -0.25) is 0 Å². The van der Waals surface area contributed by atoms with Gasteiger partial charge in [0.25, 0.3) is 6.43 Å². The summed E-state index contributed by atoms with van der Waals surface area (Å²) in [6, 6.07) is -1.15. The van der Waals surface area contributed by atoms with Gasteiger partial charge in [-0.2, -0.15) is 0 Å². The van der Waals surface area contributed by atoms with Crippen molar-refractivity contribution in [2.45, 2.75) is 18.9 Å². The van der Waals surface area contributed by atoms with Gasteiger partial charge in [-0.25, -0.2) is 8.78 Å². The second kappa shape index (κ2) is 3.39. The van der Waals surface area contributed by atoms with Gasteiger partial charge in [-0.05, 0) is 0 Å². The van der Waals surface area contributed by atoms with Crippen molar-refractivity contribution in [1.82, 2.24) is 0 Å². The first kappa shape index (κ1) is 7.38. The minimum Gasteiger partial charge on any atom is -0.322 e. The molecule has 8 heavy (non-hydrogen) atoms. The second-order valence-corrected chi connectivity index (χ2v) is 1.41. The van der Waals surface area contributed by atoms with Gasteiger partial charge < -0.3 is 5.73 Å². The highest BCUT2D eigenvalue weighted by atomic mass is 19.3. The van der Waals surface area contributed by atoms with E-state index in [9.17, 15) is 8.78 Å². The van der Waals surface area contributed by atoms with E-state index in [2.05, 4.69) is 0 Å². The molecule has 0 aromatic heterocycles. The van der Waals surface area contributed by atoms with Crippen molar-refractivity contribution in [3.63, 3.8) is 0 Å². The molecule has 0 fully saturated rings. The molecule has 46 valence electrons. The topological polar surface area (TPSA) is 26.0 Å². The van der Waals surface area contributed by atoms with Crippen LogP contribution in [-0.4, -0.2) is 12.5 Å². The zero-order valence-corrected chi connectivity index (χ0v) is 4.27. The lowest BCUT2D eigenvalue weighted by Crippen LogP contribution is -2.27. The van der Waals surface area contributed by atoms with Crippen LogP contribution in [0.15, 0.2) is 0 Å². The zero-order chi connectivity index (χ0) is 6.57. The molecular formula is C5H7F2N. The van der Waals surface area contributed by atoms with Crippen LogP contribution < -0.4 is 5.73 Å². The van der Waals surface area contributed by atoms with Gasteiger partial charge in [0.05, 0.1) is 6.04 Å². The Hall–Kier alpha value is -0.620. The van der Waals surface area contributed by atoms with Crippen LogP contribution in [0.3, 0.4) is 0 Å². The van der Waals surface area contributed by atoms with Gasteiger partial charge in [0.15, 0.2) is 0 Å². The van der Waals surface area contributed by atoms with Crippen molar-refractivity contribution in [1.29, 1.82) is 0 Å². The fraction of sp³-hybridized carbons (Fsp3) is 0.600. The lowest BCUT2D eigenvalue weighted by Gasteiger charge is -2.03. The summed E-state index contributed by atoms with van der Waals surface area (Å²) in [6.07, 6.45) is 2.15. The maximum absolute atomic E-state index is 11.4. The van der Waals surface area contributed by atoms with Gasteiger partial charge in [-0.15, -0.1) is 12.3 Å². The van der Waals surface area contributed by atoms with Crippen molar-refractivity contribution in [2.75, 3.05) is 0 Å². The summed E-state index contributed by atoms with van der Waals surface area (Å²) in [5.41, 5.74) is 4.83. The van der Waals surface area contributed by atoms with Gasteiger partial charge in [-0.1, -0.05) is 0 Å². The molecule has 0 aromatic carbocycles. The summed E-state index contributed by atoms with van der Waals surface area (Å²) < 4.78 is 22.8. The third kappa shape index (κ3) is 2.54. The predicted molar refractivity (Wildman–Crippen MR) is 27.4 cm³/mol. The van der Waals surface area contributed by atoms with Crippen LogP contribution in [0.25, 0.3) is 0 Å². The summed E-state index contributed by atoms with van der Waals surface area (Å²) in [4.78, 5) is 0. The molecule has 0 aliphatic carbocycles. The SMILES string of the molecule is C#CCC(N)C(F)F. The molecule has 1 nitrogen and oxygen atoms in total. The third-order valence-corrected chi connectivity index (χ3v) is 0.677. The molecule has 0 spiro atoms. The normalized spacial score (nSPS) is 13.4. The molecule has 0 amide bonds. The average molecular weight is 119 g/mol. The lowest BCUT2D eigenvalue weighted by atomic mass is 10.2. The van der Waals surface area contributed by atoms with E-state index >= 15 is 0 Å². The number of rotatable bonds is 2. The van der Waals surface area contributed by atoms with E-state index in [0.29, 0.717) is 0 Å². The molecular weight excluding hydrogens is 112 g/mol. The maximum Gasteiger partial charge on any atom is 0.254 e. The molecule has 0 saturated heterocycles. The van der Waals surface area contributed by atoms with Crippen LogP contribution in [0.2, 0.25) is 0 Å². The van der Waals surface area contributed by atoms with Crippen LogP contribution in [0, 0.1) is 12.3 Å². The highest BCUT2D eigenvalue weighted by molar-refractivity contribution is 4.89. The predicted octanol–water partition coefficient (Wildman–Crippen LogP) is 0.602. The van der Waals surface area contributed by atoms with Crippen molar-refractivity contribution in [3.05, 3.63) is 0 Å². The molecule has 0 heterocycles. The van der Waals surface area contributed by atoms with E-state index in [0.717, 1.165) is 0 Å². The summed E-state index contributed by atoms with van der Waals surface area (Å²) in [5.74, 6) is 2.04. The Kier molecular flexibility index (Phi) is 3.13. The number of hydrogen-bond donors (Lipinski definition) is 1. The molecule has 1 atom stereocenters. The minimum atomic E-state index is -2.49. The summed E-state index contributed by atoms with van der Waals surface area (Å²) in [6.45, 7) is 0. The first-order valence-corrected chi connectivity index (χ1v) is 2.15. The molecule has 0 saturated carbocycles. The standard InChI is InChI=1S/C5H7F2N/c1-2-3-4(8)5(6)7/h1,4-5H,3,8H2. The molecule has 0 aliphatic rings. The van der Waals surface area contributed by atoms with Gasteiger partial charge >= 0.3 is 0 Å². The van der Waals surface area contributed by atoms with Gasteiger partial charge in [0, 0.05) is 6.42 Å². The maximum atomic E-state index is 11.4. The monoisotopic (exact) mass is 119 g/mol. The first-order valence-electron chi connectivity index (χ1n) is 2.15.